The minimum absolute atomic E-state index is 0.178. The first-order valence-corrected chi connectivity index (χ1v) is 6.36. The molecule has 1 aliphatic carbocycles. The smallest absolute Gasteiger partial charge is 0.0857 e. The SMILES string of the molecule is CC.CC1COC(/C(C=NC2CC2)=C/N)C1. The van der Waals surface area contributed by atoms with E-state index in [1.54, 1.807) is 6.20 Å². The van der Waals surface area contributed by atoms with Crippen LogP contribution in [0.4, 0.5) is 0 Å². The van der Waals surface area contributed by atoms with Crippen molar-refractivity contribution in [1.82, 2.24) is 0 Å². The minimum atomic E-state index is 0.178. The Labute approximate surface area is 98.8 Å². The highest BCUT2D eigenvalue weighted by Gasteiger charge is 2.25. The first-order valence-electron chi connectivity index (χ1n) is 6.36. The molecular formula is C13H24N2O. The molecule has 1 aliphatic heterocycles. The summed E-state index contributed by atoms with van der Waals surface area (Å²) in [5.41, 5.74) is 6.61. The lowest BCUT2D eigenvalue weighted by molar-refractivity contribution is 0.136. The molecule has 2 unspecified atom stereocenters. The van der Waals surface area contributed by atoms with Crippen molar-refractivity contribution in [3.05, 3.63) is 11.8 Å². The molecule has 2 fully saturated rings. The quantitative estimate of drug-likeness (QED) is 0.749. The molecule has 0 spiro atoms. The van der Waals surface area contributed by atoms with Crippen molar-refractivity contribution in [1.29, 1.82) is 0 Å². The molecule has 3 nitrogen and oxygen atoms in total. The minimum Gasteiger partial charge on any atom is -0.404 e. The van der Waals surface area contributed by atoms with Gasteiger partial charge in [0.25, 0.3) is 0 Å². The van der Waals surface area contributed by atoms with Gasteiger partial charge < -0.3 is 10.5 Å². The summed E-state index contributed by atoms with van der Waals surface area (Å²) in [4.78, 5) is 4.42. The van der Waals surface area contributed by atoms with E-state index in [1.165, 1.54) is 12.8 Å². The van der Waals surface area contributed by atoms with Gasteiger partial charge in [-0.05, 0) is 25.2 Å². The van der Waals surface area contributed by atoms with Crippen LogP contribution in [0, 0.1) is 5.92 Å². The van der Waals surface area contributed by atoms with Crippen molar-refractivity contribution in [3.63, 3.8) is 0 Å². The van der Waals surface area contributed by atoms with E-state index in [0.717, 1.165) is 18.6 Å². The van der Waals surface area contributed by atoms with Crippen molar-refractivity contribution >= 4 is 6.21 Å². The zero-order chi connectivity index (χ0) is 12.0. The lowest BCUT2D eigenvalue weighted by atomic mass is 10.0. The normalized spacial score (nSPS) is 30.3. The van der Waals surface area contributed by atoms with Gasteiger partial charge >= 0.3 is 0 Å². The third-order valence-corrected chi connectivity index (χ3v) is 2.74. The van der Waals surface area contributed by atoms with Crippen LogP contribution in [0.3, 0.4) is 0 Å². The van der Waals surface area contributed by atoms with Crippen molar-refractivity contribution < 1.29 is 4.74 Å². The van der Waals surface area contributed by atoms with E-state index in [0.29, 0.717) is 12.0 Å². The van der Waals surface area contributed by atoms with Crippen molar-refractivity contribution in [2.75, 3.05) is 6.61 Å². The van der Waals surface area contributed by atoms with E-state index in [9.17, 15) is 0 Å². The van der Waals surface area contributed by atoms with Crippen molar-refractivity contribution in [2.45, 2.75) is 52.2 Å². The molecule has 2 N–H and O–H groups in total. The van der Waals surface area contributed by atoms with E-state index >= 15 is 0 Å². The first-order chi connectivity index (χ1) is 7.79. The van der Waals surface area contributed by atoms with Crippen LogP contribution in [0.5, 0.6) is 0 Å². The molecule has 92 valence electrons. The second kappa shape index (κ2) is 6.69. The summed E-state index contributed by atoms with van der Waals surface area (Å²) in [7, 11) is 0. The summed E-state index contributed by atoms with van der Waals surface area (Å²) in [6.45, 7) is 7.05. The molecule has 1 saturated heterocycles. The molecule has 2 aliphatic rings. The molecule has 3 heteroatoms. The highest BCUT2D eigenvalue weighted by atomic mass is 16.5. The summed E-state index contributed by atoms with van der Waals surface area (Å²) in [6.07, 6.45) is 7.25. The Morgan fingerprint density at radius 3 is 2.50 bits per heavy atom. The Morgan fingerprint density at radius 2 is 2.06 bits per heavy atom. The Hall–Kier alpha value is -0.830. The molecule has 0 amide bonds. The standard InChI is InChI=1S/C11H18N2O.C2H6/c1-8-4-11(14-7-8)9(5-12)6-13-10-2-3-10;1-2/h5-6,8,10-11H,2-4,7,12H2,1H3;1-2H3/b9-5+,13-6?;. The van der Waals surface area contributed by atoms with Gasteiger partial charge in [0.15, 0.2) is 0 Å². The highest BCUT2D eigenvalue weighted by Crippen LogP contribution is 2.26. The predicted octanol–water partition coefficient (Wildman–Crippen LogP) is 2.51. The number of hydrogen-bond donors (Lipinski definition) is 1. The van der Waals surface area contributed by atoms with Crippen LogP contribution < -0.4 is 5.73 Å². The molecule has 0 aromatic rings. The van der Waals surface area contributed by atoms with Crippen molar-refractivity contribution in [2.24, 2.45) is 16.6 Å². The second-order valence-corrected chi connectivity index (χ2v) is 4.34. The lowest BCUT2D eigenvalue weighted by Crippen LogP contribution is -2.12. The molecule has 0 aromatic carbocycles. The molecule has 1 saturated carbocycles. The Bertz CT molecular complexity index is 257. The Morgan fingerprint density at radius 1 is 1.38 bits per heavy atom. The Kier molecular flexibility index (Phi) is 5.53. The lowest BCUT2D eigenvalue weighted by Gasteiger charge is -2.08. The maximum atomic E-state index is 5.63. The van der Waals surface area contributed by atoms with Crippen LogP contribution in [0.2, 0.25) is 0 Å². The molecular weight excluding hydrogens is 200 g/mol. The highest BCUT2D eigenvalue weighted by molar-refractivity contribution is 5.80. The van der Waals surface area contributed by atoms with E-state index in [4.69, 9.17) is 10.5 Å². The first kappa shape index (κ1) is 13.2. The molecule has 2 rings (SSSR count). The number of nitrogens with two attached hydrogens (primary N) is 1. The maximum Gasteiger partial charge on any atom is 0.0857 e. The second-order valence-electron chi connectivity index (χ2n) is 4.34. The van der Waals surface area contributed by atoms with Crippen LogP contribution in [-0.4, -0.2) is 25.0 Å². The van der Waals surface area contributed by atoms with Gasteiger partial charge in [0.05, 0.1) is 18.8 Å². The average Bonchev–Trinajstić information content (AvgIpc) is 3.05. The van der Waals surface area contributed by atoms with Gasteiger partial charge in [-0.3, -0.25) is 4.99 Å². The summed E-state index contributed by atoms with van der Waals surface area (Å²) >= 11 is 0. The van der Waals surface area contributed by atoms with Crippen LogP contribution in [0.15, 0.2) is 16.8 Å². The van der Waals surface area contributed by atoms with E-state index in [-0.39, 0.29) is 6.10 Å². The Balaban J connectivity index is 0.000000606. The van der Waals surface area contributed by atoms with E-state index in [2.05, 4.69) is 11.9 Å². The van der Waals surface area contributed by atoms with Crippen LogP contribution >= 0.6 is 0 Å². The fourth-order valence-corrected chi connectivity index (χ4v) is 1.66. The zero-order valence-corrected chi connectivity index (χ0v) is 10.6. The van der Waals surface area contributed by atoms with Gasteiger partial charge in [0.2, 0.25) is 0 Å². The molecule has 0 radical (unpaired) electrons. The van der Waals surface area contributed by atoms with Gasteiger partial charge in [-0.2, -0.15) is 0 Å². The predicted molar refractivity (Wildman–Crippen MR) is 68.7 cm³/mol. The number of ether oxygens (including phenoxy) is 1. The molecule has 1 heterocycles. The molecule has 16 heavy (non-hydrogen) atoms. The summed E-state index contributed by atoms with van der Waals surface area (Å²) in [5.74, 6) is 0.643. The zero-order valence-electron chi connectivity index (χ0n) is 10.6. The topological polar surface area (TPSA) is 47.6 Å². The average molecular weight is 224 g/mol. The number of nitrogens with zero attached hydrogens (tertiary/aromatic N) is 1. The fraction of sp³-hybridized carbons (Fsp3) is 0.769. The summed E-state index contributed by atoms with van der Waals surface area (Å²) in [6, 6.07) is 0.559. The summed E-state index contributed by atoms with van der Waals surface area (Å²) < 4.78 is 5.63. The molecule has 0 bridgehead atoms. The van der Waals surface area contributed by atoms with E-state index < -0.39 is 0 Å². The van der Waals surface area contributed by atoms with Crippen LogP contribution in [0.25, 0.3) is 0 Å². The number of rotatable bonds is 3. The van der Waals surface area contributed by atoms with Gasteiger partial charge in [-0.1, -0.05) is 20.8 Å². The van der Waals surface area contributed by atoms with Crippen LogP contribution in [0.1, 0.15) is 40.0 Å². The largest absolute Gasteiger partial charge is 0.404 e. The molecule has 0 aromatic heterocycles. The summed E-state index contributed by atoms with van der Waals surface area (Å²) in [5, 5.41) is 0. The molecule has 2 atom stereocenters. The van der Waals surface area contributed by atoms with Crippen molar-refractivity contribution in [3.8, 4) is 0 Å². The van der Waals surface area contributed by atoms with Crippen LogP contribution in [-0.2, 0) is 4.74 Å². The number of hydrogen-bond acceptors (Lipinski definition) is 3. The van der Waals surface area contributed by atoms with Gasteiger partial charge in [-0.25, -0.2) is 0 Å². The van der Waals surface area contributed by atoms with Gasteiger partial charge in [0, 0.05) is 18.0 Å². The fourth-order valence-electron chi connectivity index (χ4n) is 1.66. The number of aliphatic imine (C=N–C) groups is 1. The third kappa shape index (κ3) is 3.97. The van der Waals surface area contributed by atoms with Gasteiger partial charge in [-0.15, -0.1) is 0 Å². The monoisotopic (exact) mass is 224 g/mol. The van der Waals surface area contributed by atoms with Gasteiger partial charge in [0.1, 0.15) is 0 Å². The third-order valence-electron chi connectivity index (χ3n) is 2.74. The maximum absolute atomic E-state index is 5.63. The van der Waals surface area contributed by atoms with E-state index in [1.807, 2.05) is 20.1 Å².